The zero-order chi connectivity index (χ0) is 19.0. The van der Waals surface area contributed by atoms with Crippen molar-refractivity contribution in [2.45, 2.75) is 31.5 Å². The lowest BCUT2D eigenvalue weighted by atomic mass is 10.1. The van der Waals surface area contributed by atoms with Crippen molar-refractivity contribution in [2.75, 3.05) is 34.4 Å². The molecule has 0 aliphatic rings. The summed E-state index contributed by atoms with van der Waals surface area (Å²) in [6, 6.07) is 3.76. The number of methoxy groups -OCH3 is 3. The molecule has 1 aromatic rings. The van der Waals surface area contributed by atoms with E-state index in [9.17, 15) is 4.79 Å². The van der Waals surface area contributed by atoms with Gasteiger partial charge in [0.05, 0.1) is 21.3 Å². The third-order valence-corrected chi connectivity index (χ3v) is 4.24. The molecule has 25 heavy (non-hydrogen) atoms. The van der Waals surface area contributed by atoms with E-state index < -0.39 is 4.84 Å². The zero-order valence-corrected chi connectivity index (χ0v) is 17.0. The van der Waals surface area contributed by atoms with E-state index in [1.165, 1.54) is 0 Å². The van der Waals surface area contributed by atoms with Gasteiger partial charge in [-0.2, -0.15) is 0 Å². The fraction of sp³-hybridized carbons (Fsp3) is 0.611. The first-order valence-corrected chi connectivity index (χ1v) is 9.07. The molecule has 7 heteroatoms. The predicted molar refractivity (Wildman–Crippen MR) is 101 cm³/mol. The van der Waals surface area contributed by atoms with E-state index in [4.69, 9.17) is 37.4 Å². The highest BCUT2D eigenvalue weighted by Crippen LogP contribution is 2.38. The van der Waals surface area contributed by atoms with Gasteiger partial charge in [0.1, 0.15) is 0 Å². The summed E-state index contributed by atoms with van der Waals surface area (Å²) in [4.78, 5) is 12.9. The number of hydrogen-bond donors (Lipinski definition) is 0. The Kier molecular flexibility index (Phi) is 9.22. The highest BCUT2D eigenvalue weighted by atomic mass is 35.5. The van der Waals surface area contributed by atoms with E-state index in [1.807, 2.05) is 12.1 Å². The van der Waals surface area contributed by atoms with Gasteiger partial charge in [-0.15, -0.1) is 0 Å². The van der Waals surface area contributed by atoms with Gasteiger partial charge in [0, 0.05) is 13.1 Å². The molecule has 0 spiro atoms. The maximum Gasteiger partial charge on any atom is 0.255 e. The molecule has 0 bridgehead atoms. The van der Waals surface area contributed by atoms with Crippen molar-refractivity contribution >= 4 is 29.1 Å². The quantitative estimate of drug-likeness (QED) is 0.566. The van der Waals surface area contributed by atoms with Crippen LogP contribution in [-0.4, -0.2) is 50.1 Å². The first-order chi connectivity index (χ1) is 11.8. The Morgan fingerprint density at radius 1 is 1.04 bits per heavy atom. The number of alkyl halides is 2. The molecule has 0 saturated heterocycles. The smallest absolute Gasteiger partial charge is 0.255 e. The molecule has 0 aliphatic carbocycles. The van der Waals surface area contributed by atoms with Gasteiger partial charge in [-0.25, -0.2) is 0 Å². The van der Waals surface area contributed by atoms with Crippen LogP contribution in [-0.2, 0) is 11.2 Å². The van der Waals surface area contributed by atoms with Crippen molar-refractivity contribution in [3.8, 4) is 17.2 Å². The van der Waals surface area contributed by atoms with Gasteiger partial charge in [0.2, 0.25) is 5.75 Å². The van der Waals surface area contributed by atoms with Crippen LogP contribution in [0.2, 0.25) is 0 Å². The van der Waals surface area contributed by atoms with E-state index in [-0.39, 0.29) is 5.91 Å². The highest BCUT2D eigenvalue weighted by molar-refractivity contribution is 6.53. The molecule has 0 aliphatic heterocycles. The van der Waals surface area contributed by atoms with Gasteiger partial charge in [0.15, 0.2) is 16.3 Å². The molecule has 0 atom stereocenters. The number of hydrogen-bond acceptors (Lipinski definition) is 4. The van der Waals surface area contributed by atoms with Crippen LogP contribution < -0.4 is 14.2 Å². The Labute approximate surface area is 160 Å². The molecule has 1 rings (SSSR count). The first-order valence-electron chi connectivity index (χ1n) is 8.19. The van der Waals surface area contributed by atoms with E-state index in [2.05, 4.69) is 13.8 Å². The minimum absolute atomic E-state index is 0.267. The minimum Gasteiger partial charge on any atom is -0.493 e. The molecule has 0 aromatic heterocycles. The average molecular weight is 392 g/mol. The number of nitrogens with zero attached hydrogens (tertiary/aromatic N) is 1. The lowest BCUT2D eigenvalue weighted by Crippen LogP contribution is -2.37. The van der Waals surface area contributed by atoms with Crippen LogP contribution in [0.1, 0.15) is 25.8 Å². The van der Waals surface area contributed by atoms with Crippen LogP contribution in [0, 0.1) is 5.92 Å². The molecular weight excluding hydrogens is 365 g/mol. The van der Waals surface area contributed by atoms with Crippen molar-refractivity contribution in [1.29, 1.82) is 0 Å². The minimum atomic E-state index is -1.05. The largest absolute Gasteiger partial charge is 0.493 e. The Balaban J connectivity index is 2.92. The summed E-state index contributed by atoms with van der Waals surface area (Å²) in [7, 11) is 4.71. The van der Waals surface area contributed by atoms with Crippen LogP contribution in [0.3, 0.4) is 0 Å². The first kappa shape index (κ1) is 21.7. The molecule has 0 unspecified atom stereocenters. The number of carbonyl (C=O) groups excluding carboxylic acids is 1. The molecule has 0 heterocycles. The lowest BCUT2D eigenvalue weighted by Gasteiger charge is -2.24. The zero-order valence-electron chi connectivity index (χ0n) is 15.5. The maximum atomic E-state index is 12.2. The Hall–Kier alpha value is -1.33. The Bertz CT molecular complexity index is 539. The standard InChI is InChI=1S/C18H27Cl2NO4/c1-12(2)6-8-21(18(22)17(19)20)9-7-13-10-14(23-3)16(25-5)15(11-13)24-4/h10-12,17H,6-9H2,1-5H3. The van der Waals surface area contributed by atoms with Crippen LogP contribution in [0.25, 0.3) is 0 Å². The molecule has 0 radical (unpaired) electrons. The van der Waals surface area contributed by atoms with Crippen molar-refractivity contribution in [3.63, 3.8) is 0 Å². The topological polar surface area (TPSA) is 48.0 Å². The van der Waals surface area contributed by atoms with E-state index in [0.29, 0.717) is 42.7 Å². The van der Waals surface area contributed by atoms with E-state index in [0.717, 1.165) is 12.0 Å². The normalized spacial score (nSPS) is 10.9. The van der Waals surface area contributed by atoms with Crippen molar-refractivity contribution < 1.29 is 19.0 Å². The van der Waals surface area contributed by atoms with Crippen LogP contribution in [0.5, 0.6) is 17.2 Å². The molecule has 142 valence electrons. The summed E-state index contributed by atoms with van der Waals surface area (Å²) in [5, 5.41) is 0. The fourth-order valence-electron chi connectivity index (χ4n) is 2.43. The van der Waals surface area contributed by atoms with Gasteiger partial charge in [0.25, 0.3) is 5.91 Å². The van der Waals surface area contributed by atoms with Crippen LogP contribution >= 0.6 is 23.2 Å². The van der Waals surface area contributed by atoms with E-state index in [1.54, 1.807) is 26.2 Å². The molecule has 1 amide bonds. The molecule has 5 nitrogen and oxygen atoms in total. The monoisotopic (exact) mass is 391 g/mol. The van der Waals surface area contributed by atoms with Crippen molar-refractivity contribution in [3.05, 3.63) is 17.7 Å². The number of ether oxygens (including phenoxy) is 3. The second-order valence-corrected chi connectivity index (χ2v) is 7.19. The average Bonchev–Trinajstić information content (AvgIpc) is 2.59. The second kappa shape index (κ2) is 10.6. The Morgan fingerprint density at radius 3 is 2.00 bits per heavy atom. The number of halogens is 2. The molecule has 1 aromatic carbocycles. The molecular formula is C18H27Cl2NO4. The van der Waals surface area contributed by atoms with Gasteiger partial charge in [-0.1, -0.05) is 37.0 Å². The van der Waals surface area contributed by atoms with Gasteiger partial charge in [-0.05, 0) is 36.5 Å². The second-order valence-electron chi connectivity index (χ2n) is 6.09. The third kappa shape index (κ3) is 6.48. The number of benzene rings is 1. The molecule has 0 N–H and O–H groups in total. The van der Waals surface area contributed by atoms with Gasteiger partial charge >= 0.3 is 0 Å². The lowest BCUT2D eigenvalue weighted by molar-refractivity contribution is -0.129. The fourth-order valence-corrected chi connectivity index (χ4v) is 2.70. The summed E-state index contributed by atoms with van der Waals surface area (Å²) < 4.78 is 16.1. The Morgan fingerprint density at radius 2 is 1.60 bits per heavy atom. The summed E-state index contributed by atoms with van der Waals surface area (Å²) in [6.07, 6.45) is 1.52. The molecule has 0 saturated carbocycles. The van der Waals surface area contributed by atoms with E-state index >= 15 is 0 Å². The number of carbonyl (C=O) groups is 1. The van der Waals surface area contributed by atoms with Gasteiger partial charge < -0.3 is 19.1 Å². The highest BCUT2D eigenvalue weighted by Gasteiger charge is 2.21. The summed E-state index contributed by atoms with van der Waals surface area (Å²) in [6.45, 7) is 5.36. The number of rotatable bonds is 10. The third-order valence-electron chi connectivity index (χ3n) is 3.87. The number of amides is 1. The van der Waals surface area contributed by atoms with Crippen LogP contribution in [0.4, 0.5) is 0 Å². The summed E-state index contributed by atoms with van der Waals surface area (Å²) >= 11 is 11.5. The summed E-state index contributed by atoms with van der Waals surface area (Å²) in [5.74, 6) is 1.94. The predicted octanol–water partition coefficient (Wildman–Crippen LogP) is 3.93. The molecule has 0 fully saturated rings. The van der Waals surface area contributed by atoms with Crippen LogP contribution in [0.15, 0.2) is 12.1 Å². The van der Waals surface area contributed by atoms with Gasteiger partial charge in [-0.3, -0.25) is 4.79 Å². The maximum absolute atomic E-state index is 12.2. The summed E-state index contributed by atoms with van der Waals surface area (Å²) in [5.41, 5.74) is 0.970. The van der Waals surface area contributed by atoms with Crippen molar-refractivity contribution in [2.24, 2.45) is 5.92 Å². The SMILES string of the molecule is COc1cc(CCN(CCC(C)C)C(=O)C(Cl)Cl)cc(OC)c1OC. The van der Waals surface area contributed by atoms with Crippen molar-refractivity contribution in [1.82, 2.24) is 4.90 Å².